The minimum atomic E-state index is 0.108. The molecule has 0 saturated heterocycles. The fourth-order valence-corrected chi connectivity index (χ4v) is 2.46. The molecule has 0 fully saturated rings. The monoisotopic (exact) mass is 262 g/mol. The van der Waals surface area contributed by atoms with Crippen molar-refractivity contribution in [1.29, 1.82) is 0 Å². The van der Waals surface area contributed by atoms with Crippen molar-refractivity contribution in [2.24, 2.45) is 5.92 Å². The summed E-state index contributed by atoms with van der Waals surface area (Å²) in [5.74, 6) is 0.279. The van der Waals surface area contributed by atoms with E-state index in [1.165, 1.54) is 11.1 Å². The first-order valence-corrected chi connectivity index (χ1v) is 6.85. The smallest absolute Gasteiger partial charge is 0.223 e. The maximum atomic E-state index is 12.0. The molecule has 1 aliphatic carbocycles. The van der Waals surface area contributed by atoms with Crippen LogP contribution in [-0.4, -0.2) is 39.3 Å². The summed E-state index contributed by atoms with van der Waals surface area (Å²) in [5.41, 5.74) is 2.64. The summed E-state index contributed by atoms with van der Waals surface area (Å²) >= 11 is 0. The Morgan fingerprint density at radius 2 is 1.89 bits per heavy atom. The van der Waals surface area contributed by atoms with Crippen LogP contribution >= 0.6 is 0 Å². The van der Waals surface area contributed by atoms with Gasteiger partial charge in [0.1, 0.15) is 0 Å². The first kappa shape index (κ1) is 14.0. The average molecular weight is 262 g/mol. The second-order valence-electron chi connectivity index (χ2n) is 4.91. The number of ether oxygens (including phenoxy) is 1. The summed E-state index contributed by atoms with van der Waals surface area (Å²) in [6.45, 7) is 2.98. The summed E-state index contributed by atoms with van der Waals surface area (Å²) in [7, 11) is 1.68. The lowest BCUT2D eigenvalue weighted by Gasteiger charge is -2.10. The van der Waals surface area contributed by atoms with Crippen LogP contribution in [0.1, 0.15) is 11.1 Å². The number of hydrogen-bond acceptors (Lipinski definition) is 3. The van der Waals surface area contributed by atoms with Crippen molar-refractivity contribution in [1.82, 2.24) is 10.6 Å². The third kappa shape index (κ3) is 4.04. The second-order valence-corrected chi connectivity index (χ2v) is 4.91. The Kier molecular flexibility index (Phi) is 5.36. The molecule has 1 aromatic rings. The zero-order chi connectivity index (χ0) is 13.5. The van der Waals surface area contributed by atoms with E-state index in [1.807, 2.05) is 12.1 Å². The van der Waals surface area contributed by atoms with Crippen LogP contribution in [0.4, 0.5) is 0 Å². The highest BCUT2D eigenvalue weighted by Crippen LogP contribution is 2.26. The molecule has 0 heterocycles. The number of fused-ring (bicyclic) bond motifs is 1. The standard InChI is InChI=1S/C15H22N2O2/c1-19-9-8-16-6-7-17-15(18)14-10-12-4-2-3-5-13(12)11-14/h2-5,14,16H,6-11H2,1H3,(H,17,18). The topological polar surface area (TPSA) is 50.4 Å². The Hall–Kier alpha value is -1.39. The Balaban J connectivity index is 1.66. The minimum absolute atomic E-state index is 0.108. The minimum Gasteiger partial charge on any atom is -0.383 e. The molecule has 0 radical (unpaired) electrons. The first-order chi connectivity index (χ1) is 9.31. The Morgan fingerprint density at radius 1 is 1.21 bits per heavy atom. The van der Waals surface area contributed by atoms with E-state index >= 15 is 0 Å². The lowest BCUT2D eigenvalue weighted by molar-refractivity contribution is -0.124. The summed E-state index contributed by atoms with van der Waals surface area (Å²) < 4.78 is 4.94. The Labute approximate surface area is 114 Å². The van der Waals surface area contributed by atoms with Gasteiger partial charge >= 0.3 is 0 Å². The number of hydrogen-bond donors (Lipinski definition) is 2. The number of nitrogens with one attached hydrogen (secondary N) is 2. The fraction of sp³-hybridized carbons (Fsp3) is 0.533. The van der Waals surface area contributed by atoms with Crippen LogP contribution < -0.4 is 10.6 Å². The van der Waals surface area contributed by atoms with Gasteiger partial charge in [-0.1, -0.05) is 24.3 Å². The summed E-state index contributed by atoms with van der Waals surface area (Å²) in [4.78, 5) is 12.0. The van der Waals surface area contributed by atoms with Gasteiger partial charge in [-0.3, -0.25) is 4.79 Å². The normalized spacial score (nSPS) is 14.4. The van der Waals surface area contributed by atoms with Gasteiger partial charge in [-0.15, -0.1) is 0 Å². The molecule has 4 nitrogen and oxygen atoms in total. The first-order valence-electron chi connectivity index (χ1n) is 6.85. The molecule has 0 aromatic heterocycles. The zero-order valence-electron chi connectivity index (χ0n) is 11.4. The third-order valence-electron chi connectivity index (χ3n) is 3.51. The maximum Gasteiger partial charge on any atom is 0.223 e. The van der Waals surface area contributed by atoms with Gasteiger partial charge in [-0.05, 0) is 24.0 Å². The highest BCUT2D eigenvalue weighted by molar-refractivity contribution is 5.80. The summed E-state index contributed by atoms with van der Waals surface area (Å²) in [6, 6.07) is 8.32. The number of amides is 1. The van der Waals surface area contributed by atoms with Crippen molar-refractivity contribution in [2.45, 2.75) is 12.8 Å². The number of rotatable bonds is 7. The molecular formula is C15H22N2O2. The van der Waals surface area contributed by atoms with Gasteiger partial charge < -0.3 is 15.4 Å². The van der Waals surface area contributed by atoms with Crippen LogP contribution in [0, 0.1) is 5.92 Å². The Morgan fingerprint density at radius 3 is 2.53 bits per heavy atom. The highest BCUT2D eigenvalue weighted by Gasteiger charge is 2.26. The van der Waals surface area contributed by atoms with Gasteiger partial charge in [0.15, 0.2) is 0 Å². The van der Waals surface area contributed by atoms with Crippen molar-refractivity contribution >= 4 is 5.91 Å². The van der Waals surface area contributed by atoms with Crippen LogP contribution in [0.2, 0.25) is 0 Å². The number of methoxy groups -OCH3 is 1. The Bertz CT molecular complexity index is 395. The molecule has 0 spiro atoms. The van der Waals surface area contributed by atoms with Crippen LogP contribution in [-0.2, 0) is 22.4 Å². The van der Waals surface area contributed by atoms with E-state index in [2.05, 4.69) is 22.8 Å². The number of benzene rings is 1. The van der Waals surface area contributed by atoms with Crippen LogP contribution in [0.25, 0.3) is 0 Å². The molecule has 2 N–H and O–H groups in total. The van der Waals surface area contributed by atoms with Gasteiger partial charge in [0.25, 0.3) is 0 Å². The van der Waals surface area contributed by atoms with E-state index in [0.29, 0.717) is 13.2 Å². The molecule has 1 aliphatic rings. The van der Waals surface area contributed by atoms with E-state index in [-0.39, 0.29) is 11.8 Å². The summed E-state index contributed by atoms with van der Waals surface area (Å²) in [6.07, 6.45) is 1.75. The van der Waals surface area contributed by atoms with E-state index in [9.17, 15) is 4.79 Å². The third-order valence-corrected chi connectivity index (χ3v) is 3.51. The molecule has 1 aromatic carbocycles. The highest BCUT2D eigenvalue weighted by atomic mass is 16.5. The molecule has 0 atom stereocenters. The van der Waals surface area contributed by atoms with E-state index in [4.69, 9.17) is 4.74 Å². The number of carbonyl (C=O) groups excluding carboxylic acids is 1. The average Bonchev–Trinajstić information content (AvgIpc) is 2.86. The largest absolute Gasteiger partial charge is 0.383 e. The fourth-order valence-electron chi connectivity index (χ4n) is 2.46. The summed E-state index contributed by atoms with van der Waals surface area (Å²) in [5, 5.41) is 6.20. The number of carbonyl (C=O) groups is 1. The van der Waals surface area contributed by atoms with Crippen LogP contribution in [0.15, 0.2) is 24.3 Å². The van der Waals surface area contributed by atoms with Crippen molar-refractivity contribution in [3.8, 4) is 0 Å². The van der Waals surface area contributed by atoms with Crippen molar-refractivity contribution in [3.05, 3.63) is 35.4 Å². The molecule has 4 heteroatoms. The molecule has 1 amide bonds. The van der Waals surface area contributed by atoms with Crippen LogP contribution in [0.3, 0.4) is 0 Å². The predicted octanol–water partition coefficient (Wildman–Crippen LogP) is 0.754. The molecule has 19 heavy (non-hydrogen) atoms. The maximum absolute atomic E-state index is 12.0. The molecule has 104 valence electrons. The molecule has 2 rings (SSSR count). The molecule has 0 unspecified atom stereocenters. The van der Waals surface area contributed by atoms with E-state index < -0.39 is 0 Å². The van der Waals surface area contributed by atoms with E-state index in [1.54, 1.807) is 7.11 Å². The van der Waals surface area contributed by atoms with Crippen molar-refractivity contribution in [2.75, 3.05) is 33.4 Å². The van der Waals surface area contributed by atoms with Gasteiger partial charge in [0.2, 0.25) is 5.91 Å². The van der Waals surface area contributed by atoms with Crippen molar-refractivity contribution < 1.29 is 9.53 Å². The molecular weight excluding hydrogens is 240 g/mol. The van der Waals surface area contributed by atoms with Crippen molar-refractivity contribution in [3.63, 3.8) is 0 Å². The molecule has 0 bridgehead atoms. The SMILES string of the molecule is COCCNCCNC(=O)C1Cc2ccccc2C1. The molecule has 0 aliphatic heterocycles. The van der Waals surface area contributed by atoms with Crippen LogP contribution in [0.5, 0.6) is 0 Å². The quantitative estimate of drug-likeness (QED) is 0.713. The lowest BCUT2D eigenvalue weighted by Crippen LogP contribution is -2.36. The zero-order valence-corrected chi connectivity index (χ0v) is 11.4. The predicted molar refractivity (Wildman–Crippen MR) is 75.1 cm³/mol. The lowest BCUT2D eigenvalue weighted by atomic mass is 10.1. The van der Waals surface area contributed by atoms with Gasteiger partial charge in [-0.2, -0.15) is 0 Å². The van der Waals surface area contributed by atoms with E-state index in [0.717, 1.165) is 25.9 Å². The van der Waals surface area contributed by atoms with Gasteiger partial charge in [0, 0.05) is 32.7 Å². The molecule has 0 saturated carbocycles. The van der Waals surface area contributed by atoms with Gasteiger partial charge in [-0.25, -0.2) is 0 Å². The van der Waals surface area contributed by atoms with Gasteiger partial charge in [0.05, 0.1) is 6.61 Å². The second kappa shape index (κ2) is 7.26.